The summed E-state index contributed by atoms with van der Waals surface area (Å²) in [5.74, 6) is 0.593. The molecule has 2 aromatic carbocycles. The van der Waals surface area contributed by atoms with Gasteiger partial charge in [-0.2, -0.15) is 0 Å². The van der Waals surface area contributed by atoms with E-state index in [1.165, 1.54) is 34.4 Å². The minimum atomic E-state index is 0.523. The van der Waals surface area contributed by atoms with Crippen molar-refractivity contribution in [1.29, 1.82) is 0 Å². The summed E-state index contributed by atoms with van der Waals surface area (Å²) in [5.41, 5.74) is 7.79. The van der Waals surface area contributed by atoms with E-state index in [4.69, 9.17) is 24.4 Å². The van der Waals surface area contributed by atoms with Gasteiger partial charge in [-0.05, 0) is 92.1 Å². The van der Waals surface area contributed by atoms with Crippen molar-refractivity contribution in [3.63, 3.8) is 0 Å². The van der Waals surface area contributed by atoms with E-state index in [0.717, 1.165) is 5.69 Å². The summed E-state index contributed by atoms with van der Waals surface area (Å²) in [7, 11) is 2.18. The Morgan fingerprint density at radius 2 is 1.63 bits per heavy atom. The van der Waals surface area contributed by atoms with E-state index in [1.807, 2.05) is 10.6 Å². The van der Waals surface area contributed by atoms with Crippen LogP contribution in [-0.4, -0.2) is 27.9 Å². The van der Waals surface area contributed by atoms with Crippen molar-refractivity contribution < 1.29 is 0 Å². The average Bonchev–Trinajstić information content (AvgIpc) is 3.36. The number of nitrogens with zero attached hydrogens (tertiary/aromatic N) is 2. The molecule has 27 heavy (non-hydrogen) atoms. The average molecular weight is 397 g/mol. The van der Waals surface area contributed by atoms with Gasteiger partial charge in [0.1, 0.15) is 0 Å². The highest BCUT2D eigenvalue weighted by atomic mass is 32.1. The molecule has 2 atom stereocenters. The van der Waals surface area contributed by atoms with Crippen LogP contribution in [0.1, 0.15) is 34.6 Å². The number of aryl methyl sites for hydroxylation is 3. The fraction of sp³-hybridized carbons (Fsp3) is 0.333. The van der Waals surface area contributed by atoms with Gasteiger partial charge in [0, 0.05) is 24.7 Å². The van der Waals surface area contributed by atoms with Crippen LogP contribution >= 0.6 is 24.4 Å². The first-order valence-corrected chi connectivity index (χ1v) is 9.99. The van der Waals surface area contributed by atoms with E-state index in [-0.39, 0.29) is 0 Å². The van der Waals surface area contributed by atoms with Crippen molar-refractivity contribution in [3.05, 3.63) is 68.2 Å². The Hall–Kier alpha value is -2.18. The molecule has 0 spiro atoms. The lowest BCUT2D eigenvalue weighted by molar-refractivity contribution is 0.873. The molecule has 140 valence electrons. The van der Waals surface area contributed by atoms with Gasteiger partial charge in [0.15, 0.2) is 9.54 Å². The molecule has 1 aliphatic carbocycles. The molecule has 2 unspecified atom stereocenters. The Morgan fingerprint density at radius 3 is 2.33 bits per heavy atom. The minimum absolute atomic E-state index is 0.523. The molecular weight excluding hydrogens is 372 g/mol. The van der Waals surface area contributed by atoms with Gasteiger partial charge in [-0.1, -0.05) is 18.2 Å². The highest BCUT2D eigenvalue weighted by molar-refractivity contribution is 7.72. The van der Waals surface area contributed by atoms with Crippen molar-refractivity contribution in [2.75, 3.05) is 11.9 Å². The van der Waals surface area contributed by atoms with Gasteiger partial charge in [0.25, 0.3) is 0 Å². The van der Waals surface area contributed by atoms with Crippen LogP contribution in [0.25, 0.3) is 5.69 Å². The smallest absolute Gasteiger partial charge is 0.198 e. The van der Waals surface area contributed by atoms with Gasteiger partial charge in [-0.3, -0.25) is 14.8 Å². The predicted octanol–water partition coefficient (Wildman–Crippen LogP) is 5.51. The van der Waals surface area contributed by atoms with Gasteiger partial charge in [-0.15, -0.1) is 0 Å². The van der Waals surface area contributed by atoms with Crippen LogP contribution in [0, 0.1) is 30.3 Å². The molecule has 1 aliphatic rings. The van der Waals surface area contributed by atoms with Crippen molar-refractivity contribution in [2.45, 2.75) is 39.2 Å². The fourth-order valence-electron chi connectivity index (χ4n) is 3.91. The normalized spacial score (nSPS) is 18.5. The molecule has 0 bridgehead atoms. The van der Waals surface area contributed by atoms with E-state index in [0.29, 0.717) is 21.5 Å². The number of nitrogens with one attached hydrogen (secondary N) is 2. The molecule has 0 amide bonds. The zero-order valence-electron chi connectivity index (χ0n) is 16.0. The number of hydrogen-bond acceptors (Lipinski definition) is 3. The lowest BCUT2D eigenvalue weighted by Gasteiger charge is -2.21. The van der Waals surface area contributed by atoms with E-state index in [2.05, 4.69) is 73.2 Å². The molecule has 0 saturated heterocycles. The van der Waals surface area contributed by atoms with Gasteiger partial charge >= 0.3 is 0 Å². The van der Waals surface area contributed by atoms with E-state index in [9.17, 15) is 0 Å². The molecule has 4 nitrogen and oxygen atoms in total. The lowest BCUT2D eigenvalue weighted by Crippen LogP contribution is -2.21. The second-order valence-electron chi connectivity index (χ2n) is 7.53. The summed E-state index contributed by atoms with van der Waals surface area (Å²) >= 11 is 10.7. The molecule has 1 aromatic heterocycles. The topological polar surface area (TPSA) is 39.8 Å². The summed E-state index contributed by atoms with van der Waals surface area (Å²) < 4.78 is 3.00. The Kier molecular flexibility index (Phi) is 4.56. The molecular formula is C21H24N4S2. The maximum Gasteiger partial charge on any atom is 0.198 e. The number of aromatic nitrogens is 3. The van der Waals surface area contributed by atoms with Crippen LogP contribution in [-0.2, 0) is 0 Å². The zero-order chi connectivity index (χ0) is 19.3. The lowest BCUT2D eigenvalue weighted by atomic mass is 9.97. The molecule has 2 N–H and O–H groups in total. The maximum atomic E-state index is 5.34. The Labute approximate surface area is 169 Å². The van der Waals surface area contributed by atoms with Crippen LogP contribution in [0.5, 0.6) is 0 Å². The molecule has 0 radical (unpaired) electrons. The van der Waals surface area contributed by atoms with Crippen molar-refractivity contribution >= 4 is 30.1 Å². The molecule has 4 rings (SSSR count). The van der Waals surface area contributed by atoms with E-state index >= 15 is 0 Å². The highest BCUT2D eigenvalue weighted by Gasteiger charge is 2.42. The van der Waals surface area contributed by atoms with Gasteiger partial charge in [0.2, 0.25) is 0 Å². The molecule has 0 aliphatic heterocycles. The quantitative estimate of drug-likeness (QED) is 0.571. The monoisotopic (exact) mass is 396 g/mol. The summed E-state index contributed by atoms with van der Waals surface area (Å²) in [5, 5.41) is 5.80. The fourth-order valence-corrected chi connectivity index (χ4v) is 4.47. The molecule has 1 fully saturated rings. The summed E-state index contributed by atoms with van der Waals surface area (Å²) in [6, 6.07) is 13.6. The number of likely N-dealkylation sites (N-methyl/N-ethyl adjacent to an activating group) is 1. The third-order valence-corrected chi connectivity index (χ3v) is 6.28. The van der Waals surface area contributed by atoms with E-state index in [1.54, 1.807) is 0 Å². The molecule has 6 heteroatoms. The SMILES string of the molecule is Cc1cc(C)c(C2CC2N(C)c2cccc(-n3c(=S)[nH][nH]c3=S)c2)cc1C. The molecule has 1 heterocycles. The van der Waals surface area contributed by atoms with Gasteiger partial charge < -0.3 is 4.90 Å². The molecule has 1 saturated carbocycles. The van der Waals surface area contributed by atoms with Crippen molar-refractivity contribution in [3.8, 4) is 5.69 Å². The standard InChI is InChI=1S/C21H24N4S2/c1-12-8-14(3)17(9-13(12)2)18-11-19(18)24(4)15-6-5-7-16(10-15)25-20(26)22-23-21(25)27/h5-10,18-19H,11H2,1-4H3,(H,22,26)(H,23,27). The van der Waals surface area contributed by atoms with Gasteiger partial charge in [0.05, 0.1) is 5.69 Å². The molecule has 3 aromatic rings. The third kappa shape index (κ3) is 3.28. The second kappa shape index (κ2) is 6.77. The number of rotatable bonds is 4. The Balaban J connectivity index is 1.61. The van der Waals surface area contributed by atoms with Crippen LogP contribution < -0.4 is 4.90 Å². The summed E-state index contributed by atoms with van der Waals surface area (Å²) in [6.07, 6.45) is 1.19. The summed E-state index contributed by atoms with van der Waals surface area (Å²) in [4.78, 5) is 2.38. The summed E-state index contributed by atoms with van der Waals surface area (Å²) in [6.45, 7) is 6.62. The second-order valence-corrected chi connectivity index (χ2v) is 8.30. The highest BCUT2D eigenvalue weighted by Crippen LogP contribution is 2.47. The minimum Gasteiger partial charge on any atom is -0.371 e. The largest absolute Gasteiger partial charge is 0.371 e. The first-order chi connectivity index (χ1) is 12.9. The van der Waals surface area contributed by atoms with Crippen molar-refractivity contribution in [1.82, 2.24) is 14.8 Å². The van der Waals surface area contributed by atoms with Crippen molar-refractivity contribution in [2.24, 2.45) is 0 Å². The van der Waals surface area contributed by atoms with Crippen LogP contribution in [0.2, 0.25) is 0 Å². The Bertz CT molecular complexity index is 1090. The number of H-pyrrole nitrogens is 2. The predicted molar refractivity (Wildman–Crippen MR) is 116 cm³/mol. The van der Waals surface area contributed by atoms with E-state index < -0.39 is 0 Å². The zero-order valence-corrected chi connectivity index (χ0v) is 17.7. The van der Waals surface area contributed by atoms with Crippen LogP contribution in [0.3, 0.4) is 0 Å². The number of aromatic amines is 2. The third-order valence-electron chi connectivity index (χ3n) is 5.71. The van der Waals surface area contributed by atoms with Crippen LogP contribution in [0.15, 0.2) is 36.4 Å². The number of hydrogen-bond donors (Lipinski definition) is 2. The first-order valence-electron chi connectivity index (χ1n) is 9.17. The number of benzene rings is 2. The van der Waals surface area contributed by atoms with Gasteiger partial charge in [-0.25, -0.2) is 0 Å². The maximum absolute atomic E-state index is 5.34. The number of anilines is 1. The van der Waals surface area contributed by atoms with Crippen LogP contribution in [0.4, 0.5) is 5.69 Å². The first kappa shape index (κ1) is 18.2. The Morgan fingerprint density at radius 1 is 0.963 bits per heavy atom.